The largest absolute Gasteiger partial charge is 0.390 e. The number of fused-ring (bicyclic) bond motifs is 2. The van der Waals surface area contributed by atoms with Gasteiger partial charge in [0.2, 0.25) is 5.91 Å². The molecule has 1 aromatic heterocycles. The summed E-state index contributed by atoms with van der Waals surface area (Å²) in [6.45, 7) is -0.118. The second kappa shape index (κ2) is 6.14. The van der Waals surface area contributed by atoms with Crippen LogP contribution in [-0.2, 0) is 17.8 Å². The standard InChI is InChI=1S/C19H17N3O3/c23-16-9-12-5-1-2-6-13(12)19(16)21-17(24)11-22-15-8-4-3-7-14(15)20-10-18(22)25/h1-8,10,16,19,23H,9,11H2,(H,21,24). The van der Waals surface area contributed by atoms with Gasteiger partial charge >= 0.3 is 0 Å². The van der Waals surface area contributed by atoms with Crippen LogP contribution >= 0.6 is 0 Å². The quantitative estimate of drug-likeness (QED) is 0.752. The van der Waals surface area contributed by atoms with Crippen molar-refractivity contribution in [3.63, 3.8) is 0 Å². The summed E-state index contributed by atoms with van der Waals surface area (Å²) in [5.74, 6) is -0.320. The van der Waals surface area contributed by atoms with Crippen molar-refractivity contribution >= 4 is 16.9 Å². The molecule has 0 bridgehead atoms. The van der Waals surface area contributed by atoms with E-state index < -0.39 is 12.1 Å². The van der Waals surface area contributed by atoms with Crippen molar-refractivity contribution in [2.24, 2.45) is 0 Å². The Morgan fingerprint density at radius 2 is 1.96 bits per heavy atom. The Balaban J connectivity index is 1.60. The molecule has 3 aromatic rings. The van der Waals surface area contributed by atoms with E-state index in [0.29, 0.717) is 17.5 Å². The Bertz CT molecular complexity index is 1010. The fourth-order valence-electron chi connectivity index (χ4n) is 3.39. The predicted octanol–water partition coefficient (Wildman–Crippen LogP) is 1.17. The number of nitrogens with one attached hydrogen (secondary N) is 1. The van der Waals surface area contributed by atoms with Crippen molar-refractivity contribution in [3.05, 3.63) is 76.2 Å². The van der Waals surface area contributed by atoms with Gasteiger partial charge < -0.3 is 10.4 Å². The lowest BCUT2D eigenvalue weighted by atomic mass is 10.1. The number of hydrogen-bond acceptors (Lipinski definition) is 4. The topological polar surface area (TPSA) is 84.2 Å². The van der Waals surface area contributed by atoms with Crippen LogP contribution in [0.3, 0.4) is 0 Å². The lowest BCUT2D eigenvalue weighted by Gasteiger charge is -2.18. The van der Waals surface area contributed by atoms with Gasteiger partial charge in [-0.25, -0.2) is 4.98 Å². The zero-order valence-electron chi connectivity index (χ0n) is 13.4. The van der Waals surface area contributed by atoms with Gasteiger partial charge in [-0.1, -0.05) is 36.4 Å². The third-order valence-electron chi connectivity index (χ3n) is 4.57. The molecule has 1 aliphatic rings. The van der Waals surface area contributed by atoms with E-state index >= 15 is 0 Å². The molecule has 1 amide bonds. The highest BCUT2D eigenvalue weighted by Gasteiger charge is 2.31. The van der Waals surface area contributed by atoms with E-state index in [0.717, 1.165) is 11.1 Å². The molecule has 0 fully saturated rings. The molecule has 1 aliphatic carbocycles. The summed E-state index contributed by atoms with van der Waals surface area (Å²) in [5, 5.41) is 13.1. The van der Waals surface area contributed by atoms with Gasteiger partial charge in [0.25, 0.3) is 5.56 Å². The molecule has 4 rings (SSSR count). The summed E-state index contributed by atoms with van der Waals surface area (Å²) in [7, 11) is 0. The molecule has 1 heterocycles. The molecular weight excluding hydrogens is 318 g/mol. The van der Waals surface area contributed by atoms with E-state index in [1.54, 1.807) is 18.2 Å². The van der Waals surface area contributed by atoms with Crippen LogP contribution in [0.15, 0.2) is 59.5 Å². The minimum Gasteiger partial charge on any atom is -0.390 e. The summed E-state index contributed by atoms with van der Waals surface area (Å²) in [6.07, 6.45) is 1.07. The van der Waals surface area contributed by atoms with E-state index in [2.05, 4.69) is 10.3 Å². The number of para-hydroxylation sites is 2. The smallest absolute Gasteiger partial charge is 0.269 e. The number of benzene rings is 2. The van der Waals surface area contributed by atoms with E-state index in [1.165, 1.54) is 10.8 Å². The SMILES string of the molecule is O=C(Cn1c(=O)cnc2ccccc21)NC1c2ccccc2CC1O. The van der Waals surface area contributed by atoms with Crippen molar-refractivity contribution in [2.75, 3.05) is 0 Å². The molecule has 0 spiro atoms. The molecule has 0 saturated carbocycles. The molecule has 0 radical (unpaired) electrons. The van der Waals surface area contributed by atoms with Crippen LogP contribution in [0, 0.1) is 0 Å². The molecule has 6 heteroatoms. The number of carbonyl (C=O) groups is 1. The first-order chi connectivity index (χ1) is 12.1. The maximum atomic E-state index is 12.5. The van der Waals surface area contributed by atoms with Gasteiger partial charge in [-0.2, -0.15) is 0 Å². The van der Waals surface area contributed by atoms with Crippen LogP contribution in [0.1, 0.15) is 17.2 Å². The normalized spacial score (nSPS) is 18.9. The van der Waals surface area contributed by atoms with Crippen molar-refractivity contribution in [1.29, 1.82) is 0 Å². The number of rotatable bonds is 3. The summed E-state index contributed by atoms with van der Waals surface area (Å²) >= 11 is 0. The Labute approximate surface area is 143 Å². The van der Waals surface area contributed by atoms with Gasteiger partial charge in [0.05, 0.1) is 29.4 Å². The average Bonchev–Trinajstić information content (AvgIpc) is 2.93. The van der Waals surface area contributed by atoms with Crippen LogP contribution in [0.25, 0.3) is 11.0 Å². The zero-order chi connectivity index (χ0) is 17.4. The Morgan fingerprint density at radius 1 is 1.20 bits per heavy atom. The first-order valence-electron chi connectivity index (χ1n) is 8.13. The lowest BCUT2D eigenvalue weighted by Crippen LogP contribution is -2.38. The van der Waals surface area contributed by atoms with Gasteiger partial charge in [0, 0.05) is 6.42 Å². The summed E-state index contributed by atoms with van der Waals surface area (Å²) < 4.78 is 1.39. The first-order valence-corrected chi connectivity index (χ1v) is 8.13. The Morgan fingerprint density at radius 3 is 2.84 bits per heavy atom. The molecular formula is C19H17N3O3. The molecule has 2 aromatic carbocycles. The highest BCUT2D eigenvalue weighted by atomic mass is 16.3. The van der Waals surface area contributed by atoms with Crippen LogP contribution in [-0.4, -0.2) is 26.7 Å². The van der Waals surface area contributed by atoms with E-state index in [-0.39, 0.29) is 18.0 Å². The summed E-state index contributed by atoms with van der Waals surface area (Å²) in [6, 6.07) is 14.4. The van der Waals surface area contributed by atoms with Gasteiger partial charge in [-0.05, 0) is 23.3 Å². The number of aliphatic hydroxyl groups is 1. The molecule has 25 heavy (non-hydrogen) atoms. The van der Waals surface area contributed by atoms with Crippen molar-refractivity contribution in [2.45, 2.75) is 25.1 Å². The van der Waals surface area contributed by atoms with E-state index in [4.69, 9.17) is 0 Å². The highest BCUT2D eigenvalue weighted by Crippen LogP contribution is 2.31. The molecule has 2 atom stereocenters. The summed E-state index contributed by atoms with van der Waals surface area (Å²) in [4.78, 5) is 28.7. The molecule has 2 unspecified atom stereocenters. The highest BCUT2D eigenvalue weighted by molar-refractivity contribution is 5.80. The monoisotopic (exact) mass is 335 g/mol. The average molecular weight is 335 g/mol. The maximum Gasteiger partial charge on any atom is 0.269 e. The van der Waals surface area contributed by atoms with Gasteiger partial charge in [-0.15, -0.1) is 0 Å². The maximum absolute atomic E-state index is 12.5. The molecule has 0 aliphatic heterocycles. The Kier molecular flexibility index (Phi) is 3.82. The fraction of sp³-hybridized carbons (Fsp3) is 0.211. The number of aromatic nitrogens is 2. The molecule has 2 N–H and O–H groups in total. The molecule has 0 saturated heterocycles. The van der Waals surface area contributed by atoms with E-state index in [9.17, 15) is 14.7 Å². The number of aliphatic hydroxyl groups excluding tert-OH is 1. The predicted molar refractivity (Wildman–Crippen MR) is 93.0 cm³/mol. The van der Waals surface area contributed by atoms with Crippen LogP contribution < -0.4 is 10.9 Å². The van der Waals surface area contributed by atoms with Gasteiger partial charge in [0.15, 0.2) is 0 Å². The second-order valence-electron chi connectivity index (χ2n) is 6.19. The Hall–Kier alpha value is -2.99. The second-order valence-corrected chi connectivity index (χ2v) is 6.19. The third kappa shape index (κ3) is 2.81. The van der Waals surface area contributed by atoms with Crippen LogP contribution in [0.4, 0.5) is 0 Å². The number of carbonyl (C=O) groups excluding carboxylic acids is 1. The lowest BCUT2D eigenvalue weighted by molar-refractivity contribution is -0.123. The first kappa shape index (κ1) is 15.5. The van der Waals surface area contributed by atoms with E-state index in [1.807, 2.05) is 30.3 Å². The van der Waals surface area contributed by atoms with Crippen molar-refractivity contribution < 1.29 is 9.90 Å². The van der Waals surface area contributed by atoms with Crippen LogP contribution in [0.2, 0.25) is 0 Å². The zero-order valence-corrected chi connectivity index (χ0v) is 13.4. The molecule has 6 nitrogen and oxygen atoms in total. The minimum atomic E-state index is -0.660. The third-order valence-corrected chi connectivity index (χ3v) is 4.57. The van der Waals surface area contributed by atoms with Crippen molar-refractivity contribution in [3.8, 4) is 0 Å². The summed E-state index contributed by atoms with van der Waals surface area (Å²) in [5.41, 5.74) is 2.89. The van der Waals surface area contributed by atoms with Gasteiger partial charge in [-0.3, -0.25) is 14.2 Å². The number of amides is 1. The van der Waals surface area contributed by atoms with Crippen molar-refractivity contribution in [1.82, 2.24) is 14.9 Å². The molecule has 126 valence electrons. The van der Waals surface area contributed by atoms with Crippen LogP contribution in [0.5, 0.6) is 0 Å². The number of hydrogen-bond donors (Lipinski definition) is 2. The fourth-order valence-corrected chi connectivity index (χ4v) is 3.39. The number of nitrogens with zero attached hydrogens (tertiary/aromatic N) is 2. The van der Waals surface area contributed by atoms with Gasteiger partial charge in [0.1, 0.15) is 6.54 Å². The minimum absolute atomic E-state index is 0.118.